The number of nitrogens with one attached hydrogen (secondary N) is 2. The Bertz CT molecular complexity index is 1660. The van der Waals surface area contributed by atoms with E-state index in [1.165, 1.54) is 36.2 Å². The van der Waals surface area contributed by atoms with Crippen LogP contribution in [0.2, 0.25) is 0 Å². The highest BCUT2D eigenvalue weighted by atomic mass is 19.1. The number of benzene rings is 3. The molecule has 0 bridgehead atoms. The Balaban J connectivity index is 1.97. The molecule has 0 aliphatic rings. The maximum absolute atomic E-state index is 13.6. The van der Waals surface area contributed by atoms with Gasteiger partial charge in [0, 0.05) is 41.7 Å². The minimum Gasteiger partial charge on any atom is -0.455 e. The first-order chi connectivity index (χ1) is 18.6. The van der Waals surface area contributed by atoms with Crippen molar-refractivity contribution in [1.29, 1.82) is 10.5 Å². The standard InChI is InChI=1S/C30H26FN5O3/c1-5-36(17-33)24-15-25-23(26(29(38)34-4)27(39-25)18-9-11-21(31)12-10-18)14-22(24)19-7-6-8-20(13-19)28(37)35-30(2,3)16-32/h6-15H,5H2,1-4H3,(H,34,38)(H,35,37). The Kier molecular flexibility index (Phi) is 7.37. The lowest BCUT2D eigenvalue weighted by molar-refractivity contribution is 0.0927. The van der Waals surface area contributed by atoms with E-state index < -0.39 is 23.2 Å². The number of hydrogen-bond donors (Lipinski definition) is 2. The molecule has 2 N–H and O–H groups in total. The van der Waals surface area contributed by atoms with Crippen molar-refractivity contribution in [2.75, 3.05) is 18.5 Å². The van der Waals surface area contributed by atoms with E-state index in [2.05, 4.69) is 16.8 Å². The number of amides is 2. The maximum Gasteiger partial charge on any atom is 0.255 e. The first-order valence-electron chi connectivity index (χ1n) is 12.2. The van der Waals surface area contributed by atoms with E-state index in [9.17, 15) is 24.5 Å². The third-order valence-electron chi connectivity index (χ3n) is 6.24. The van der Waals surface area contributed by atoms with Gasteiger partial charge in [0.05, 0.1) is 17.3 Å². The Morgan fingerprint density at radius 2 is 1.74 bits per heavy atom. The fourth-order valence-electron chi connectivity index (χ4n) is 4.25. The molecule has 2 amide bonds. The summed E-state index contributed by atoms with van der Waals surface area (Å²) in [6.07, 6.45) is 2.17. The first kappa shape index (κ1) is 26.9. The Morgan fingerprint density at radius 3 is 2.36 bits per heavy atom. The molecule has 0 saturated carbocycles. The molecule has 0 saturated heterocycles. The van der Waals surface area contributed by atoms with Crippen molar-refractivity contribution in [2.45, 2.75) is 26.3 Å². The molecule has 0 atom stereocenters. The van der Waals surface area contributed by atoms with Gasteiger partial charge in [0.15, 0.2) is 6.19 Å². The van der Waals surface area contributed by atoms with Gasteiger partial charge in [-0.2, -0.15) is 10.5 Å². The van der Waals surface area contributed by atoms with Crippen molar-refractivity contribution in [3.8, 4) is 34.7 Å². The average Bonchev–Trinajstić information content (AvgIpc) is 3.31. The number of carbonyl (C=O) groups is 2. The monoisotopic (exact) mass is 523 g/mol. The molecule has 4 rings (SSSR count). The van der Waals surface area contributed by atoms with E-state index in [0.717, 1.165) is 0 Å². The summed E-state index contributed by atoms with van der Waals surface area (Å²) in [6, 6.07) is 17.9. The number of rotatable bonds is 7. The van der Waals surface area contributed by atoms with E-state index in [-0.39, 0.29) is 11.3 Å². The highest BCUT2D eigenvalue weighted by molar-refractivity contribution is 6.13. The number of hydrogen-bond acceptors (Lipinski definition) is 6. The largest absolute Gasteiger partial charge is 0.455 e. The van der Waals surface area contributed by atoms with Gasteiger partial charge in [0.2, 0.25) is 0 Å². The summed E-state index contributed by atoms with van der Waals surface area (Å²) >= 11 is 0. The van der Waals surface area contributed by atoms with Crippen molar-refractivity contribution in [2.24, 2.45) is 0 Å². The molecule has 4 aromatic rings. The summed E-state index contributed by atoms with van der Waals surface area (Å²) in [7, 11) is 1.50. The maximum atomic E-state index is 13.6. The van der Waals surface area contributed by atoms with Crippen molar-refractivity contribution in [1.82, 2.24) is 10.6 Å². The first-order valence-corrected chi connectivity index (χ1v) is 12.2. The van der Waals surface area contributed by atoms with Crippen LogP contribution in [0.5, 0.6) is 0 Å². The second-order valence-electron chi connectivity index (χ2n) is 9.37. The molecule has 39 heavy (non-hydrogen) atoms. The van der Waals surface area contributed by atoms with Crippen LogP contribution >= 0.6 is 0 Å². The van der Waals surface area contributed by atoms with Crippen molar-refractivity contribution in [3.05, 3.63) is 77.6 Å². The fourth-order valence-corrected chi connectivity index (χ4v) is 4.25. The molecular formula is C30H26FN5O3. The van der Waals surface area contributed by atoms with Crippen LogP contribution in [0.4, 0.5) is 10.1 Å². The minimum atomic E-state index is -1.06. The van der Waals surface area contributed by atoms with Gasteiger partial charge in [-0.25, -0.2) is 4.39 Å². The van der Waals surface area contributed by atoms with Gasteiger partial charge in [-0.1, -0.05) is 12.1 Å². The lowest BCUT2D eigenvalue weighted by Gasteiger charge is -2.19. The molecule has 0 radical (unpaired) electrons. The Hall–Kier alpha value is -5.15. The molecule has 0 unspecified atom stereocenters. The predicted molar refractivity (Wildman–Crippen MR) is 146 cm³/mol. The van der Waals surface area contributed by atoms with Crippen LogP contribution in [-0.2, 0) is 0 Å². The quantitative estimate of drug-likeness (QED) is 0.240. The summed E-state index contributed by atoms with van der Waals surface area (Å²) in [5.74, 6) is -0.979. The van der Waals surface area contributed by atoms with Gasteiger partial charge in [-0.15, -0.1) is 0 Å². The molecule has 1 aromatic heterocycles. The van der Waals surface area contributed by atoms with Crippen LogP contribution < -0.4 is 15.5 Å². The second-order valence-corrected chi connectivity index (χ2v) is 9.37. The highest BCUT2D eigenvalue weighted by Crippen LogP contribution is 2.41. The van der Waals surface area contributed by atoms with Crippen LogP contribution in [-0.4, -0.2) is 30.9 Å². The molecule has 9 heteroatoms. The number of nitriles is 2. The Labute approximate surface area is 225 Å². The number of nitrogens with zero attached hydrogens (tertiary/aromatic N) is 3. The van der Waals surface area contributed by atoms with Crippen molar-refractivity contribution >= 4 is 28.5 Å². The number of fused-ring (bicyclic) bond motifs is 1. The number of carbonyl (C=O) groups excluding carboxylic acids is 2. The summed E-state index contributed by atoms with van der Waals surface area (Å²) in [6.45, 7) is 5.39. The molecule has 196 valence electrons. The summed E-state index contributed by atoms with van der Waals surface area (Å²) < 4.78 is 19.7. The topological polar surface area (TPSA) is 122 Å². The van der Waals surface area contributed by atoms with Gasteiger partial charge in [0.25, 0.3) is 11.8 Å². The number of anilines is 1. The highest BCUT2D eigenvalue weighted by Gasteiger charge is 2.25. The molecule has 8 nitrogen and oxygen atoms in total. The average molecular weight is 524 g/mol. The van der Waals surface area contributed by atoms with Gasteiger partial charge in [0.1, 0.15) is 22.7 Å². The molecule has 0 aliphatic heterocycles. The SMILES string of the molecule is CCN(C#N)c1cc2oc(-c3ccc(F)cc3)c(C(=O)NC)c2cc1-c1cccc(C(=O)NC(C)(C)C#N)c1. The zero-order valence-electron chi connectivity index (χ0n) is 21.9. The lowest BCUT2D eigenvalue weighted by atomic mass is 9.96. The van der Waals surface area contributed by atoms with Crippen LogP contribution in [0.25, 0.3) is 33.4 Å². The van der Waals surface area contributed by atoms with E-state index in [1.807, 2.05) is 13.0 Å². The predicted octanol–water partition coefficient (Wildman–Crippen LogP) is 5.60. The van der Waals surface area contributed by atoms with Gasteiger partial charge >= 0.3 is 0 Å². The third-order valence-corrected chi connectivity index (χ3v) is 6.24. The fraction of sp³-hybridized carbons (Fsp3) is 0.200. The van der Waals surface area contributed by atoms with E-state index >= 15 is 0 Å². The van der Waals surface area contributed by atoms with Crippen LogP contribution in [0.3, 0.4) is 0 Å². The molecule has 1 heterocycles. The van der Waals surface area contributed by atoms with E-state index in [1.54, 1.807) is 50.2 Å². The van der Waals surface area contributed by atoms with Crippen LogP contribution in [0.15, 0.2) is 65.1 Å². The molecule has 0 spiro atoms. The smallest absolute Gasteiger partial charge is 0.255 e. The summed E-state index contributed by atoms with van der Waals surface area (Å²) in [4.78, 5) is 27.4. The number of halogens is 1. The lowest BCUT2D eigenvalue weighted by Crippen LogP contribution is -2.42. The number of furan rings is 1. The molecule has 3 aromatic carbocycles. The third kappa shape index (κ3) is 5.29. The molecule has 0 aliphatic carbocycles. The molecular weight excluding hydrogens is 497 g/mol. The second kappa shape index (κ2) is 10.7. The van der Waals surface area contributed by atoms with Crippen LogP contribution in [0.1, 0.15) is 41.5 Å². The van der Waals surface area contributed by atoms with Crippen LogP contribution in [0, 0.1) is 28.6 Å². The normalized spacial score (nSPS) is 10.9. The van der Waals surface area contributed by atoms with E-state index in [0.29, 0.717) is 45.5 Å². The van der Waals surface area contributed by atoms with Gasteiger partial charge in [-0.3, -0.25) is 14.5 Å². The van der Waals surface area contributed by atoms with Crippen molar-refractivity contribution in [3.63, 3.8) is 0 Å². The zero-order chi connectivity index (χ0) is 28.3. The summed E-state index contributed by atoms with van der Waals surface area (Å²) in [5.41, 5.74) is 2.14. The summed E-state index contributed by atoms with van der Waals surface area (Å²) in [5, 5.41) is 25.0. The van der Waals surface area contributed by atoms with Gasteiger partial charge in [-0.05, 0) is 68.8 Å². The van der Waals surface area contributed by atoms with E-state index in [4.69, 9.17) is 4.42 Å². The zero-order valence-corrected chi connectivity index (χ0v) is 21.9. The van der Waals surface area contributed by atoms with Crippen molar-refractivity contribution < 1.29 is 18.4 Å². The minimum absolute atomic E-state index is 0.261. The molecule has 0 fully saturated rings. The Morgan fingerprint density at radius 1 is 1.03 bits per heavy atom. The van der Waals surface area contributed by atoms with Gasteiger partial charge < -0.3 is 15.1 Å².